The highest BCUT2D eigenvalue weighted by atomic mass is 16.6. The Labute approximate surface area is 137 Å². The molecule has 1 aliphatic rings. The molecule has 1 aromatic carbocycles. The van der Waals surface area contributed by atoms with Crippen molar-refractivity contribution >= 4 is 5.69 Å². The second kappa shape index (κ2) is 6.43. The molecule has 0 saturated heterocycles. The van der Waals surface area contributed by atoms with Crippen LogP contribution in [0, 0.1) is 34.0 Å². The molecule has 0 fully saturated rings. The minimum atomic E-state index is -0.302. The molecule has 0 amide bonds. The maximum atomic E-state index is 9.23. The van der Waals surface area contributed by atoms with Gasteiger partial charge in [-0.25, -0.2) is 4.98 Å². The minimum absolute atomic E-state index is 0.141. The average Bonchev–Trinajstić information content (AvgIpc) is 3.15. The lowest BCUT2D eigenvalue weighted by molar-refractivity contribution is 0.171. The molecule has 0 radical (unpaired) electrons. The van der Waals surface area contributed by atoms with Gasteiger partial charge in [0.15, 0.2) is 17.1 Å². The van der Waals surface area contributed by atoms with E-state index in [4.69, 9.17) is 20.0 Å². The number of nitriles is 3. The molecule has 24 heavy (non-hydrogen) atoms. The zero-order chi connectivity index (χ0) is 16.9. The maximum Gasteiger partial charge on any atom is 0.163 e. The van der Waals surface area contributed by atoms with Crippen LogP contribution in [-0.2, 0) is 0 Å². The van der Waals surface area contributed by atoms with Gasteiger partial charge in [-0.05, 0) is 0 Å². The normalized spacial score (nSPS) is 11.5. The highest BCUT2D eigenvalue weighted by molar-refractivity contribution is 5.72. The predicted molar refractivity (Wildman–Crippen MR) is 82.0 cm³/mol. The monoisotopic (exact) mass is 318 g/mol. The Hall–Kier alpha value is -3.96. The number of hydrogen-bond donors (Lipinski definition) is 1. The quantitative estimate of drug-likeness (QED) is 0.858. The zero-order valence-corrected chi connectivity index (χ0v) is 12.4. The lowest BCUT2D eigenvalue weighted by Gasteiger charge is -2.21. The molecular weight excluding hydrogens is 308 g/mol. The summed E-state index contributed by atoms with van der Waals surface area (Å²) in [4.78, 5) is 4.00. The van der Waals surface area contributed by atoms with Gasteiger partial charge in [0.05, 0.1) is 17.7 Å². The van der Waals surface area contributed by atoms with Gasteiger partial charge in [0.2, 0.25) is 0 Å². The van der Waals surface area contributed by atoms with E-state index in [9.17, 15) is 5.26 Å². The summed E-state index contributed by atoms with van der Waals surface area (Å²) >= 11 is 0. The second-order valence-electron chi connectivity index (χ2n) is 4.69. The Morgan fingerprint density at radius 1 is 1.08 bits per heavy atom. The Balaban J connectivity index is 2.13. The fraction of sp³-hybridized carbons (Fsp3) is 0.125. The van der Waals surface area contributed by atoms with E-state index in [2.05, 4.69) is 10.3 Å². The van der Waals surface area contributed by atoms with Crippen LogP contribution in [0.2, 0.25) is 0 Å². The van der Waals surface area contributed by atoms with Crippen molar-refractivity contribution < 1.29 is 9.47 Å². The van der Waals surface area contributed by atoms with Crippen LogP contribution in [0.1, 0.15) is 0 Å². The first kappa shape index (κ1) is 15.0. The van der Waals surface area contributed by atoms with Crippen molar-refractivity contribution in [1.82, 2.24) is 9.55 Å². The van der Waals surface area contributed by atoms with Crippen LogP contribution in [0.5, 0.6) is 11.5 Å². The molecule has 0 unspecified atom stereocenters. The first-order valence-corrected chi connectivity index (χ1v) is 6.90. The van der Waals surface area contributed by atoms with Gasteiger partial charge in [0.25, 0.3) is 0 Å². The number of ether oxygens (including phenoxy) is 2. The number of aromatic nitrogens is 2. The molecule has 3 rings (SSSR count). The van der Waals surface area contributed by atoms with Crippen LogP contribution < -0.4 is 14.8 Å². The molecule has 2 heterocycles. The molecule has 0 saturated carbocycles. The molecule has 2 aromatic rings. The third-order valence-electron chi connectivity index (χ3n) is 3.29. The Morgan fingerprint density at radius 3 is 2.38 bits per heavy atom. The van der Waals surface area contributed by atoms with E-state index < -0.39 is 0 Å². The fourth-order valence-electron chi connectivity index (χ4n) is 2.21. The van der Waals surface area contributed by atoms with Crippen LogP contribution >= 0.6 is 0 Å². The van der Waals surface area contributed by atoms with Gasteiger partial charge in [-0.1, -0.05) is 0 Å². The lowest BCUT2D eigenvalue weighted by atomic mass is 10.2. The topological polar surface area (TPSA) is 120 Å². The number of nitrogens with one attached hydrogen (secondary N) is 1. The Morgan fingerprint density at radius 2 is 1.79 bits per heavy atom. The first-order valence-electron chi connectivity index (χ1n) is 6.90. The van der Waals surface area contributed by atoms with Crippen molar-refractivity contribution in [2.75, 3.05) is 18.5 Å². The molecular formula is C16H10N6O2. The molecule has 0 bridgehead atoms. The fourth-order valence-corrected chi connectivity index (χ4v) is 2.21. The Bertz CT molecular complexity index is 909. The smallest absolute Gasteiger partial charge is 0.163 e. The summed E-state index contributed by atoms with van der Waals surface area (Å²) in [6.45, 7) is 0.860. The zero-order valence-electron chi connectivity index (χ0n) is 12.4. The van der Waals surface area contributed by atoms with E-state index in [0.717, 1.165) is 0 Å². The lowest BCUT2D eigenvalue weighted by Crippen LogP contribution is -2.16. The van der Waals surface area contributed by atoms with E-state index in [1.807, 2.05) is 6.07 Å². The van der Waals surface area contributed by atoms with Gasteiger partial charge in [0, 0.05) is 24.5 Å². The van der Waals surface area contributed by atoms with Gasteiger partial charge < -0.3 is 19.4 Å². The summed E-state index contributed by atoms with van der Waals surface area (Å²) < 4.78 is 12.8. The molecule has 8 nitrogen and oxygen atoms in total. The predicted octanol–water partition coefficient (Wildman–Crippen LogP) is 1.88. The van der Waals surface area contributed by atoms with Crippen molar-refractivity contribution in [3.8, 4) is 35.4 Å². The van der Waals surface area contributed by atoms with Crippen molar-refractivity contribution in [1.29, 1.82) is 15.8 Å². The van der Waals surface area contributed by atoms with Gasteiger partial charge in [-0.3, -0.25) is 0 Å². The highest BCUT2D eigenvalue weighted by Gasteiger charge is 2.18. The third kappa shape index (κ3) is 2.70. The average molecular weight is 318 g/mol. The molecule has 1 N–H and O–H groups in total. The van der Waals surface area contributed by atoms with Gasteiger partial charge in [-0.2, -0.15) is 15.8 Å². The van der Waals surface area contributed by atoms with Crippen molar-refractivity contribution in [3.63, 3.8) is 0 Å². The van der Waals surface area contributed by atoms with Crippen molar-refractivity contribution in [2.45, 2.75) is 0 Å². The van der Waals surface area contributed by atoms with Gasteiger partial charge in [-0.15, -0.1) is 0 Å². The molecule has 0 atom stereocenters. The number of imidazole rings is 1. The maximum absolute atomic E-state index is 9.23. The minimum Gasteiger partial charge on any atom is -0.486 e. The number of hydrogen-bond acceptors (Lipinski definition) is 7. The number of anilines is 1. The summed E-state index contributed by atoms with van der Waals surface area (Å²) in [6.07, 6.45) is 4.92. The highest BCUT2D eigenvalue weighted by Crippen LogP contribution is 2.37. The van der Waals surface area contributed by atoms with Gasteiger partial charge >= 0.3 is 0 Å². The van der Waals surface area contributed by atoms with Crippen LogP contribution in [0.25, 0.3) is 5.69 Å². The number of rotatable bonds is 3. The SMILES string of the molecule is N#CC(C#N)=C(C#N)Nc1cc2c(cc1-n1ccnc1)OCCO2. The van der Waals surface area contributed by atoms with E-state index >= 15 is 0 Å². The molecule has 8 heteroatoms. The molecule has 1 aromatic heterocycles. The summed E-state index contributed by atoms with van der Waals surface area (Å²) in [7, 11) is 0. The van der Waals surface area contributed by atoms with Gasteiger partial charge in [0.1, 0.15) is 37.1 Å². The number of benzene rings is 1. The van der Waals surface area contributed by atoms with Crippen LogP contribution in [-0.4, -0.2) is 22.8 Å². The van der Waals surface area contributed by atoms with Crippen LogP contribution in [0.4, 0.5) is 5.69 Å². The van der Waals surface area contributed by atoms with E-state index in [1.165, 1.54) is 0 Å². The van der Waals surface area contributed by atoms with E-state index in [-0.39, 0.29) is 11.3 Å². The number of fused-ring (bicyclic) bond motifs is 1. The van der Waals surface area contributed by atoms with Crippen LogP contribution in [0.3, 0.4) is 0 Å². The Kier molecular flexibility index (Phi) is 4.01. The summed E-state index contributed by atoms with van der Waals surface area (Å²) in [5.74, 6) is 1.08. The van der Waals surface area contributed by atoms with Crippen molar-refractivity contribution in [3.05, 3.63) is 42.1 Å². The molecule has 1 aliphatic heterocycles. The summed E-state index contributed by atoms with van der Waals surface area (Å²) in [6, 6.07) is 8.63. The van der Waals surface area contributed by atoms with Crippen LogP contribution in [0.15, 0.2) is 42.1 Å². The first-order chi connectivity index (χ1) is 11.8. The third-order valence-corrected chi connectivity index (χ3v) is 3.29. The summed E-state index contributed by atoms with van der Waals surface area (Å²) in [5.41, 5.74) is 0.679. The summed E-state index contributed by atoms with van der Waals surface area (Å²) in [5, 5.41) is 30.0. The molecule has 116 valence electrons. The standard InChI is InChI=1S/C16H10N6O2/c17-7-11(8-18)13(9-19)21-12-5-15-16(24-4-3-23-15)6-14(12)22-2-1-20-10-22/h1-2,5-6,10,21H,3-4H2. The van der Waals surface area contributed by atoms with Crippen molar-refractivity contribution in [2.24, 2.45) is 0 Å². The van der Waals surface area contributed by atoms with E-state index in [0.29, 0.717) is 36.1 Å². The molecule has 0 spiro atoms. The number of allylic oxidation sites excluding steroid dienone is 2. The molecule has 0 aliphatic carbocycles. The second-order valence-corrected chi connectivity index (χ2v) is 4.69. The largest absolute Gasteiger partial charge is 0.486 e. The number of nitrogens with zero attached hydrogens (tertiary/aromatic N) is 5. The van der Waals surface area contributed by atoms with E-state index in [1.54, 1.807) is 47.6 Å².